The molecule has 0 unspecified atom stereocenters. The summed E-state index contributed by atoms with van der Waals surface area (Å²) in [4.78, 5) is 8.32. The number of nitrogens with zero attached hydrogens (tertiary/aromatic N) is 2. The van der Waals surface area contributed by atoms with Crippen molar-refractivity contribution in [1.29, 1.82) is 0 Å². The summed E-state index contributed by atoms with van der Waals surface area (Å²) in [5.41, 5.74) is 9.64. The average molecular weight is 278 g/mol. The lowest BCUT2D eigenvalue weighted by molar-refractivity contribution is 1.12. The van der Waals surface area contributed by atoms with Crippen LogP contribution < -0.4 is 5.73 Å². The molecular formula is C12H12BrN3. The highest BCUT2D eigenvalue weighted by Gasteiger charge is 2.06. The Hall–Kier alpha value is -1.42. The molecule has 1 aromatic heterocycles. The zero-order valence-electron chi connectivity index (χ0n) is 9.16. The van der Waals surface area contributed by atoms with Crippen LogP contribution in [0.4, 0.5) is 5.95 Å². The Bertz CT molecular complexity index is 518. The third kappa shape index (κ3) is 2.22. The van der Waals surface area contributed by atoms with Gasteiger partial charge < -0.3 is 5.73 Å². The van der Waals surface area contributed by atoms with Crippen molar-refractivity contribution >= 4 is 21.9 Å². The minimum absolute atomic E-state index is 0.314. The van der Waals surface area contributed by atoms with E-state index in [-0.39, 0.29) is 0 Å². The van der Waals surface area contributed by atoms with E-state index in [1.807, 2.05) is 31.2 Å². The lowest BCUT2D eigenvalue weighted by Crippen LogP contribution is -1.99. The highest BCUT2D eigenvalue weighted by atomic mass is 79.9. The summed E-state index contributed by atoms with van der Waals surface area (Å²) in [6.07, 6.45) is 0. The van der Waals surface area contributed by atoms with Gasteiger partial charge in [-0.05, 0) is 37.6 Å². The van der Waals surface area contributed by atoms with Crippen LogP contribution in [0.1, 0.15) is 11.3 Å². The summed E-state index contributed by atoms with van der Waals surface area (Å²) in [5.74, 6) is 0.314. The first kappa shape index (κ1) is 11.1. The molecule has 82 valence electrons. The molecule has 0 atom stereocenters. The molecule has 0 spiro atoms. The van der Waals surface area contributed by atoms with Gasteiger partial charge in [-0.15, -0.1) is 0 Å². The Morgan fingerprint density at radius 2 is 1.88 bits per heavy atom. The second kappa shape index (κ2) is 4.22. The molecule has 16 heavy (non-hydrogen) atoms. The smallest absolute Gasteiger partial charge is 0.220 e. The minimum Gasteiger partial charge on any atom is -0.368 e. The average Bonchev–Trinajstić information content (AvgIpc) is 2.20. The van der Waals surface area contributed by atoms with E-state index in [1.54, 1.807) is 0 Å². The number of nitrogens with two attached hydrogens (primary N) is 1. The quantitative estimate of drug-likeness (QED) is 0.872. The van der Waals surface area contributed by atoms with Gasteiger partial charge in [-0.3, -0.25) is 0 Å². The van der Waals surface area contributed by atoms with Crippen molar-refractivity contribution in [3.05, 3.63) is 40.0 Å². The van der Waals surface area contributed by atoms with Crippen LogP contribution in [0, 0.1) is 13.8 Å². The molecule has 0 aliphatic rings. The molecular weight excluding hydrogens is 266 g/mol. The van der Waals surface area contributed by atoms with Gasteiger partial charge in [-0.2, -0.15) is 0 Å². The number of rotatable bonds is 1. The lowest BCUT2D eigenvalue weighted by atomic mass is 10.1. The van der Waals surface area contributed by atoms with E-state index in [0.717, 1.165) is 21.4 Å². The molecule has 2 rings (SSSR count). The van der Waals surface area contributed by atoms with Gasteiger partial charge >= 0.3 is 0 Å². The number of halogens is 1. The lowest BCUT2D eigenvalue weighted by Gasteiger charge is -2.07. The fourth-order valence-electron chi connectivity index (χ4n) is 1.60. The summed E-state index contributed by atoms with van der Waals surface area (Å²) in [5, 5.41) is 0. The largest absolute Gasteiger partial charge is 0.368 e. The van der Waals surface area contributed by atoms with Crippen LogP contribution in [0.3, 0.4) is 0 Å². The second-order valence-corrected chi connectivity index (χ2v) is 4.63. The molecule has 0 aliphatic heterocycles. The third-order valence-corrected chi connectivity index (χ3v) is 2.84. The van der Waals surface area contributed by atoms with Crippen molar-refractivity contribution in [1.82, 2.24) is 9.97 Å². The standard InChI is InChI=1S/C12H12BrN3/c1-7-3-4-9(13)6-10(7)11-5-8(2)15-12(14)16-11/h3-6H,1-2H3,(H2,14,15,16). The molecule has 0 fully saturated rings. The molecule has 4 heteroatoms. The maximum atomic E-state index is 5.65. The van der Waals surface area contributed by atoms with E-state index in [2.05, 4.69) is 32.8 Å². The molecule has 2 N–H and O–H groups in total. The Morgan fingerprint density at radius 3 is 2.56 bits per heavy atom. The van der Waals surface area contributed by atoms with E-state index in [1.165, 1.54) is 5.56 Å². The van der Waals surface area contributed by atoms with Crippen molar-refractivity contribution in [2.45, 2.75) is 13.8 Å². The Balaban J connectivity index is 2.62. The van der Waals surface area contributed by atoms with Gasteiger partial charge in [0.2, 0.25) is 5.95 Å². The number of nitrogen functional groups attached to an aromatic ring is 1. The Labute approximate surface area is 103 Å². The van der Waals surface area contributed by atoms with E-state index in [0.29, 0.717) is 5.95 Å². The molecule has 0 amide bonds. The molecule has 1 heterocycles. The summed E-state index contributed by atoms with van der Waals surface area (Å²) in [7, 11) is 0. The SMILES string of the molecule is Cc1cc(-c2cc(Br)ccc2C)nc(N)n1. The fourth-order valence-corrected chi connectivity index (χ4v) is 1.96. The Morgan fingerprint density at radius 1 is 1.12 bits per heavy atom. The number of aryl methyl sites for hydroxylation is 2. The molecule has 0 saturated heterocycles. The van der Waals surface area contributed by atoms with Gasteiger partial charge in [0.1, 0.15) is 0 Å². The van der Waals surface area contributed by atoms with Gasteiger partial charge in [0, 0.05) is 15.7 Å². The molecule has 1 aromatic carbocycles. The number of benzene rings is 1. The zero-order chi connectivity index (χ0) is 11.7. The molecule has 0 bridgehead atoms. The number of anilines is 1. The van der Waals surface area contributed by atoms with Crippen molar-refractivity contribution in [2.24, 2.45) is 0 Å². The predicted molar refractivity (Wildman–Crippen MR) is 69.1 cm³/mol. The summed E-state index contributed by atoms with van der Waals surface area (Å²) < 4.78 is 1.03. The summed E-state index contributed by atoms with van der Waals surface area (Å²) >= 11 is 3.46. The topological polar surface area (TPSA) is 51.8 Å². The van der Waals surface area contributed by atoms with E-state index in [4.69, 9.17) is 5.73 Å². The first-order valence-corrected chi connectivity index (χ1v) is 5.73. The molecule has 0 saturated carbocycles. The normalized spacial score (nSPS) is 10.4. The van der Waals surface area contributed by atoms with Gasteiger partial charge in [0.05, 0.1) is 5.69 Å². The van der Waals surface area contributed by atoms with Crippen molar-refractivity contribution in [3.63, 3.8) is 0 Å². The highest BCUT2D eigenvalue weighted by Crippen LogP contribution is 2.25. The van der Waals surface area contributed by atoms with Gasteiger partial charge in [-0.25, -0.2) is 9.97 Å². The monoisotopic (exact) mass is 277 g/mol. The Kier molecular flexibility index (Phi) is 2.92. The first-order valence-electron chi connectivity index (χ1n) is 4.94. The summed E-state index contributed by atoms with van der Waals surface area (Å²) in [6.45, 7) is 3.96. The van der Waals surface area contributed by atoms with Gasteiger partial charge in [0.25, 0.3) is 0 Å². The van der Waals surface area contributed by atoms with Crippen LogP contribution in [-0.2, 0) is 0 Å². The molecule has 0 aliphatic carbocycles. The van der Waals surface area contributed by atoms with E-state index in [9.17, 15) is 0 Å². The number of aromatic nitrogens is 2. The van der Waals surface area contributed by atoms with E-state index >= 15 is 0 Å². The zero-order valence-corrected chi connectivity index (χ0v) is 10.7. The van der Waals surface area contributed by atoms with Crippen LogP contribution in [-0.4, -0.2) is 9.97 Å². The highest BCUT2D eigenvalue weighted by molar-refractivity contribution is 9.10. The second-order valence-electron chi connectivity index (χ2n) is 3.71. The van der Waals surface area contributed by atoms with Crippen molar-refractivity contribution in [3.8, 4) is 11.3 Å². The van der Waals surface area contributed by atoms with Crippen LogP contribution in [0.25, 0.3) is 11.3 Å². The number of hydrogen-bond acceptors (Lipinski definition) is 3. The van der Waals surface area contributed by atoms with Crippen LogP contribution in [0.15, 0.2) is 28.7 Å². The van der Waals surface area contributed by atoms with Crippen LogP contribution >= 0.6 is 15.9 Å². The molecule has 3 nitrogen and oxygen atoms in total. The van der Waals surface area contributed by atoms with Crippen LogP contribution in [0.2, 0.25) is 0 Å². The van der Waals surface area contributed by atoms with Gasteiger partial charge in [-0.1, -0.05) is 22.0 Å². The summed E-state index contributed by atoms with van der Waals surface area (Å²) in [6, 6.07) is 8.03. The van der Waals surface area contributed by atoms with E-state index < -0.39 is 0 Å². The fraction of sp³-hybridized carbons (Fsp3) is 0.167. The predicted octanol–water partition coefficient (Wildman–Crippen LogP) is 3.11. The molecule has 2 aromatic rings. The maximum Gasteiger partial charge on any atom is 0.220 e. The van der Waals surface area contributed by atoms with Crippen LogP contribution in [0.5, 0.6) is 0 Å². The first-order chi connectivity index (χ1) is 7.56. The van der Waals surface area contributed by atoms with Crippen molar-refractivity contribution < 1.29 is 0 Å². The van der Waals surface area contributed by atoms with Crippen molar-refractivity contribution in [2.75, 3.05) is 5.73 Å². The van der Waals surface area contributed by atoms with Gasteiger partial charge in [0.15, 0.2) is 0 Å². The maximum absolute atomic E-state index is 5.65. The molecule has 0 radical (unpaired) electrons. The third-order valence-electron chi connectivity index (χ3n) is 2.35. The number of hydrogen-bond donors (Lipinski definition) is 1. The minimum atomic E-state index is 0.314.